The highest BCUT2D eigenvalue weighted by Gasteiger charge is 2.13. The maximum absolute atomic E-state index is 4.26. The highest BCUT2D eigenvalue weighted by molar-refractivity contribution is 7.16. The zero-order valence-corrected chi connectivity index (χ0v) is 8.98. The van der Waals surface area contributed by atoms with E-state index in [0.29, 0.717) is 0 Å². The van der Waals surface area contributed by atoms with Gasteiger partial charge in [0.25, 0.3) is 0 Å². The Kier molecular flexibility index (Phi) is 1.88. The maximum Gasteiger partial charge on any atom is 0.0812 e. The fourth-order valence-corrected chi connectivity index (χ4v) is 2.04. The standard InChI is InChI=1S/C11H13NS/c1-11(2,3)8-4-5-9-10(6-8)13-7-12-9/h4-7H,1-3H3. The number of rotatable bonds is 0. The fraction of sp³-hybridized carbons (Fsp3) is 0.364. The van der Waals surface area contributed by atoms with Crippen LogP contribution in [0.5, 0.6) is 0 Å². The Morgan fingerprint density at radius 1 is 1.23 bits per heavy atom. The molecule has 0 radical (unpaired) electrons. The molecule has 68 valence electrons. The van der Waals surface area contributed by atoms with Crippen LogP contribution < -0.4 is 0 Å². The minimum absolute atomic E-state index is 0.234. The number of thiazole rings is 1. The van der Waals surface area contributed by atoms with Gasteiger partial charge in [-0.15, -0.1) is 11.3 Å². The van der Waals surface area contributed by atoms with Crippen molar-refractivity contribution in [2.24, 2.45) is 0 Å². The Hall–Kier alpha value is -0.890. The van der Waals surface area contributed by atoms with Crippen molar-refractivity contribution >= 4 is 21.6 Å². The van der Waals surface area contributed by atoms with Gasteiger partial charge in [-0.25, -0.2) is 4.98 Å². The van der Waals surface area contributed by atoms with Crippen LogP contribution in [-0.2, 0) is 5.41 Å². The molecular weight excluding hydrogens is 178 g/mol. The molecule has 0 bridgehead atoms. The summed E-state index contributed by atoms with van der Waals surface area (Å²) in [4.78, 5) is 4.26. The summed E-state index contributed by atoms with van der Waals surface area (Å²) in [6.45, 7) is 6.69. The van der Waals surface area contributed by atoms with Crippen molar-refractivity contribution in [3.05, 3.63) is 29.3 Å². The molecule has 1 nitrogen and oxygen atoms in total. The van der Waals surface area contributed by atoms with E-state index in [1.807, 2.05) is 5.51 Å². The first-order valence-corrected chi connectivity index (χ1v) is 5.29. The Balaban J connectivity index is 2.61. The van der Waals surface area contributed by atoms with E-state index in [1.54, 1.807) is 11.3 Å². The maximum atomic E-state index is 4.26. The molecule has 2 rings (SSSR count). The third-order valence-corrected chi connectivity index (χ3v) is 2.99. The second-order valence-electron chi connectivity index (χ2n) is 4.28. The molecule has 0 amide bonds. The van der Waals surface area contributed by atoms with E-state index in [0.717, 1.165) is 5.52 Å². The highest BCUT2D eigenvalue weighted by Crippen LogP contribution is 2.27. The number of aromatic nitrogens is 1. The third-order valence-electron chi connectivity index (χ3n) is 2.20. The van der Waals surface area contributed by atoms with Crippen LogP contribution in [-0.4, -0.2) is 4.98 Å². The topological polar surface area (TPSA) is 12.9 Å². The van der Waals surface area contributed by atoms with Crippen LogP contribution in [0, 0.1) is 0 Å². The van der Waals surface area contributed by atoms with Crippen LogP contribution in [0.25, 0.3) is 10.2 Å². The van der Waals surface area contributed by atoms with Gasteiger partial charge in [0.15, 0.2) is 0 Å². The first kappa shape index (κ1) is 8.70. The first-order valence-electron chi connectivity index (χ1n) is 4.41. The van der Waals surface area contributed by atoms with Gasteiger partial charge in [0.2, 0.25) is 0 Å². The van der Waals surface area contributed by atoms with Gasteiger partial charge in [-0.05, 0) is 23.1 Å². The van der Waals surface area contributed by atoms with Gasteiger partial charge in [-0.2, -0.15) is 0 Å². The van der Waals surface area contributed by atoms with Crippen molar-refractivity contribution in [2.45, 2.75) is 26.2 Å². The van der Waals surface area contributed by atoms with Crippen molar-refractivity contribution in [1.82, 2.24) is 4.98 Å². The molecule has 0 atom stereocenters. The molecule has 0 aliphatic carbocycles. The monoisotopic (exact) mass is 191 g/mol. The van der Waals surface area contributed by atoms with Crippen molar-refractivity contribution in [2.75, 3.05) is 0 Å². The molecule has 1 heterocycles. The van der Waals surface area contributed by atoms with Crippen molar-refractivity contribution in [3.8, 4) is 0 Å². The van der Waals surface area contributed by atoms with Gasteiger partial charge in [0.1, 0.15) is 0 Å². The molecule has 2 heteroatoms. The zero-order valence-electron chi connectivity index (χ0n) is 8.16. The van der Waals surface area contributed by atoms with E-state index in [1.165, 1.54) is 10.3 Å². The van der Waals surface area contributed by atoms with E-state index in [-0.39, 0.29) is 5.41 Å². The second-order valence-corrected chi connectivity index (χ2v) is 5.17. The van der Waals surface area contributed by atoms with Crippen molar-refractivity contribution in [3.63, 3.8) is 0 Å². The molecule has 0 aliphatic heterocycles. The Labute approximate surface area is 82.4 Å². The predicted molar refractivity (Wildman–Crippen MR) is 58.3 cm³/mol. The fourth-order valence-electron chi connectivity index (χ4n) is 1.32. The molecule has 0 saturated carbocycles. The normalized spacial score (nSPS) is 12.2. The molecule has 1 aromatic carbocycles. The summed E-state index contributed by atoms with van der Waals surface area (Å²) < 4.78 is 1.28. The molecule has 0 N–H and O–H groups in total. The van der Waals surface area contributed by atoms with Crippen LogP contribution >= 0.6 is 11.3 Å². The predicted octanol–water partition coefficient (Wildman–Crippen LogP) is 3.59. The molecule has 0 aliphatic rings. The van der Waals surface area contributed by atoms with Crippen LogP contribution in [0.1, 0.15) is 26.3 Å². The van der Waals surface area contributed by atoms with E-state index in [2.05, 4.69) is 44.0 Å². The van der Waals surface area contributed by atoms with Gasteiger partial charge in [0.05, 0.1) is 15.7 Å². The van der Waals surface area contributed by atoms with Gasteiger partial charge in [-0.3, -0.25) is 0 Å². The lowest BCUT2D eigenvalue weighted by atomic mass is 9.87. The average molecular weight is 191 g/mol. The van der Waals surface area contributed by atoms with Crippen molar-refractivity contribution in [1.29, 1.82) is 0 Å². The molecule has 2 aromatic rings. The molecule has 1 aromatic heterocycles. The SMILES string of the molecule is CC(C)(C)c1ccc2ncsc2c1. The Morgan fingerprint density at radius 2 is 2.00 bits per heavy atom. The minimum Gasteiger partial charge on any atom is -0.245 e. The van der Waals surface area contributed by atoms with Gasteiger partial charge < -0.3 is 0 Å². The van der Waals surface area contributed by atoms with E-state index >= 15 is 0 Å². The molecule has 13 heavy (non-hydrogen) atoms. The molecule has 0 saturated heterocycles. The van der Waals surface area contributed by atoms with Crippen LogP contribution in [0.15, 0.2) is 23.7 Å². The Morgan fingerprint density at radius 3 is 2.69 bits per heavy atom. The van der Waals surface area contributed by atoms with Crippen LogP contribution in [0.2, 0.25) is 0 Å². The zero-order chi connectivity index (χ0) is 9.47. The van der Waals surface area contributed by atoms with E-state index < -0.39 is 0 Å². The number of nitrogens with zero attached hydrogens (tertiary/aromatic N) is 1. The summed E-state index contributed by atoms with van der Waals surface area (Å²) in [7, 11) is 0. The summed E-state index contributed by atoms with van der Waals surface area (Å²) in [6, 6.07) is 6.52. The van der Waals surface area contributed by atoms with Crippen LogP contribution in [0.4, 0.5) is 0 Å². The van der Waals surface area contributed by atoms with Crippen molar-refractivity contribution < 1.29 is 0 Å². The van der Waals surface area contributed by atoms with E-state index in [9.17, 15) is 0 Å². The lowest BCUT2D eigenvalue weighted by Gasteiger charge is -2.18. The largest absolute Gasteiger partial charge is 0.245 e. The minimum atomic E-state index is 0.234. The molecule has 0 spiro atoms. The lowest BCUT2D eigenvalue weighted by Crippen LogP contribution is -2.10. The first-order chi connectivity index (χ1) is 6.07. The number of benzene rings is 1. The highest BCUT2D eigenvalue weighted by atomic mass is 32.1. The van der Waals surface area contributed by atoms with Gasteiger partial charge in [0, 0.05) is 0 Å². The number of hydrogen-bond acceptors (Lipinski definition) is 2. The van der Waals surface area contributed by atoms with Gasteiger partial charge in [-0.1, -0.05) is 26.8 Å². The quantitative estimate of drug-likeness (QED) is 0.620. The summed E-state index contributed by atoms with van der Waals surface area (Å²) in [5, 5.41) is 0. The summed E-state index contributed by atoms with van der Waals surface area (Å²) in [5.74, 6) is 0. The molecular formula is C11H13NS. The Bertz CT molecular complexity index is 423. The number of hydrogen-bond donors (Lipinski definition) is 0. The lowest BCUT2D eigenvalue weighted by molar-refractivity contribution is 0.591. The molecule has 0 unspecified atom stereocenters. The van der Waals surface area contributed by atoms with Crippen LogP contribution in [0.3, 0.4) is 0 Å². The second kappa shape index (κ2) is 2.81. The smallest absolute Gasteiger partial charge is 0.0812 e. The summed E-state index contributed by atoms with van der Waals surface area (Å²) >= 11 is 1.71. The van der Waals surface area contributed by atoms with E-state index in [4.69, 9.17) is 0 Å². The van der Waals surface area contributed by atoms with Gasteiger partial charge >= 0.3 is 0 Å². The summed E-state index contributed by atoms with van der Waals surface area (Å²) in [5.41, 5.74) is 4.62. The third kappa shape index (κ3) is 1.59. The molecule has 0 fully saturated rings. The average Bonchev–Trinajstić information content (AvgIpc) is 2.47. The summed E-state index contributed by atoms with van der Waals surface area (Å²) in [6.07, 6.45) is 0. The number of fused-ring (bicyclic) bond motifs is 1.